The molecule has 0 radical (unpaired) electrons. The summed E-state index contributed by atoms with van der Waals surface area (Å²) in [5.74, 6) is 3.39. The zero-order chi connectivity index (χ0) is 23.1. The van der Waals surface area contributed by atoms with E-state index in [2.05, 4.69) is 29.2 Å². The third kappa shape index (κ3) is 6.47. The third-order valence-electron chi connectivity index (χ3n) is 5.74. The number of piperazine rings is 1. The van der Waals surface area contributed by atoms with Crippen LogP contribution in [0.1, 0.15) is 16.7 Å². The van der Waals surface area contributed by atoms with E-state index in [1.54, 1.807) is 11.6 Å². The van der Waals surface area contributed by atoms with Crippen LogP contribution in [-0.4, -0.2) is 35.7 Å². The second-order valence-electron chi connectivity index (χ2n) is 8.07. The van der Waals surface area contributed by atoms with Crippen LogP contribution in [0.15, 0.2) is 103 Å². The summed E-state index contributed by atoms with van der Waals surface area (Å²) in [5, 5.41) is 0.943. The van der Waals surface area contributed by atoms with Gasteiger partial charge in [-0.05, 0) is 16.7 Å². The van der Waals surface area contributed by atoms with Crippen LogP contribution in [0.4, 0.5) is 0 Å². The fraction of sp³-hybridized carbons (Fsp3) is 0.185. The van der Waals surface area contributed by atoms with Crippen LogP contribution in [0.2, 0.25) is 0 Å². The molecule has 0 N–H and O–H groups in total. The van der Waals surface area contributed by atoms with Crippen LogP contribution in [0.5, 0.6) is 0 Å². The summed E-state index contributed by atoms with van der Waals surface area (Å²) in [6, 6.07) is 29.7. The van der Waals surface area contributed by atoms with Gasteiger partial charge in [0.1, 0.15) is 0 Å². The Labute approximate surface area is 206 Å². The minimum atomic E-state index is -3.13. The van der Waals surface area contributed by atoms with Crippen molar-refractivity contribution in [3.63, 3.8) is 0 Å². The molecule has 3 aromatic rings. The molecule has 0 unspecified atom stereocenters. The molecule has 4 rings (SSSR count). The monoisotopic (exact) mass is 496 g/mol. The molecular formula is C27H27Cl2N2OP. The number of benzene rings is 3. The van der Waals surface area contributed by atoms with Crippen molar-refractivity contribution in [3.8, 4) is 0 Å². The molecule has 1 fully saturated rings. The standard InChI is InChI=1S/C27H27Cl2N2OP/c28-26(24-12-6-2-7-13-24)21-33(32,22-27(29)25-14-8-3-9-15-25)31-18-16-30(17-19-31)20-23-10-4-1-5-11-23/h1-15,21-22H,16-20H2. The van der Waals surface area contributed by atoms with Crippen LogP contribution in [0.25, 0.3) is 10.1 Å². The van der Waals surface area contributed by atoms with E-state index in [-0.39, 0.29) is 0 Å². The van der Waals surface area contributed by atoms with Crippen molar-refractivity contribution in [1.82, 2.24) is 9.57 Å². The zero-order valence-corrected chi connectivity index (χ0v) is 20.8. The molecule has 1 saturated heterocycles. The van der Waals surface area contributed by atoms with Gasteiger partial charge >= 0.3 is 0 Å². The summed E-state index contributed by atoms with van der Waals surface area (Å²) < 4.78 is 16.4. The molecule has 1 aliphatic rings. The first kappa shape index (κ1) is 24.0. The van der Waals surface area contributed by atoms with Gasteiger partial charge in [-0.2, -0.15) is 0 Å². The maximum atomic E-state index is 14.4. The largest absolute Gasteiger partial charge is 0.297 e. The average Bonchev–Trinajstić information content (AvgIpc) is 2.86. The van der Waals surface area contributed by atoms with Crippen molar-refractivity contribution in [3.05, 3.63) is 119 Å². The van der Waals surface area contributed by atoms with Gasteiger partial charge in [-0.15, -0.1) is 0 Å². The third-order valence-corrected chi connectivity index (χ3v) is 9.23. The number of nitrogens with zero attached hydrogens (tertiary/aromatic N) is 2. The van der Waals surface area contributed by atoms with Gasteiger partial charge in [0.25, 0.3) is 0 Å². The van der Waals surface area contributed by atoms with Gasteiger partial charge in [-0.3, -0.25) is 9.46 Å². The van der Waals surface area contributed by atoms with Crippen molar-refractivity contribution in [2.24, 2.45) is 0 Å². The van der Waals surface area contributed by atoms with Gasteiger partial charge in [0.2, 0.25) is 0 Å². The zero-order valence-electron chi connectivity index (χ0n) is 18.4. The molecule has 0 atom stereocenters. The average molecular weight is 497 g/mol. The molecule has 6 heteroatoms. The van der Waals surface area contributed by atoms with E-state index in [0.29, 0.717) is 23.2 Å². The fourth-order valence-electron chi connectivity index (χ4n) is 3.92. The number of hydrogen-bond acceptors (Lipinski definition) is 2. The molecule has 0 aliphatic carbocycles. The van der Waals surface area contributed by atoms with Crippen molar-refractivity contribution >= 4 is 40.6 Å². The van der Waals surface area contributed by atoms with Crippen LogP contribution >= 0.6 is 30.5 Å². The van der Waals surface area contributed by atoms with Crippen LogP contribution in [0, 0.1) is 0 Å². The Hall–Kier alpha value is -2.13. The molecule has 0 amide bonds. The highest BCUT2D eigenvalue weighted by Gasteiger charge is 2.31. The quantitative estimate of drug-likeness (QED) is 0.315. The van der Waals surface area contributed by atoms with Crippen LogP contribution in [-0.2, 0) is 11.1 Å². The summed E-state index contributed by atoms with van der Waals surface area (Å²) in [4.78, 5) is 2.39. The minimum Gasteiger partial charge on any atom is -0.297 e. The lowest BCUT2D eigenvalue weighted by Crippen LogP contribution is -2.43. The van der Waals surface area contributed by atoms with E-state index in [1.807, 2.05) is 71.4 Å². The maximum absolute atomic E-state index is 14.4. The van der Waals surface area contributed by atoms with Crippen LogP contribution < -0.4 is 0 Å². The molecule has 0 aromatic heterocycles. The van der Waals surface area contributed by atoms with Gasteiger partial charge < -0.3 is 0 Å². The van der Waals surface area contributed by atoms with E-state index in [9.17, 15) is 4.57 Å². The maximum Gasteiger partial charge on any atom is 0.196 e. The molecule has 3 aromatic carbocycles. The predicted octanol–water partition coefficient (Wildman–Crippen LogP) is 7.56. The molecular weight excluding hydrogens is 470 g/mol. The fourth-order valence-corrected chi connectivity index (χ4v) is 7.16. The Morgan fingerprint density at radius 1 is 0.697 bits per heavy atom. The molecule has 3 nitrogen and oxygen atoms in total. The van der Waals surface area contributed by atoms with E-state index < -0.39 is 7.29 Å². The Morgan fingerprint density at radius 3 is 1.58 bits per heavy atom. The Balaban J connectivity index is 1.59. The van der Waals surface area contributed by atoms with E-state index in [1.165, 1.54) is 5.56 Å². The Bertz CT molecular complexity index is 1080. The second-order valence-corrected chi connectivity index (χ2v) is 11.3. The molecule has 1 aliphatic heterocycles. The molecule has 33 heavy (non-hydrogen) atoms. The first-order chi connectivity index (χ1) is 16.0. The van der Waals surface area contributed by atoms with Crippen molar-refractivity contribution in [2.75, 3.05) is 26.2 Å². The van der Waals surface area contributed by atoms with E-state index in [0.717, 1.165) is 30.8 Å². The highest BCUT2D eigenvalue weighted by molar-refractivity contribution is 7.68. The minimum absolute atomic E-state index is 0.472. The number of halogens is 2. The Kier molecular flexibility index (Phi) is 8.25. The molecule has 1 heterocycles. The highest BCUT2D eigenvalue weighted by Crippen LogP contribution is 2.57. The SMILES string of the molecule is O=P(C=C(Cl)c1ccccc1)(C=C(Cl)c1ccccc1)N1CCN(Cc2ccccc2)CC1. The van der Waals surface area contributed by atoms with Gasteiger partial charge in [0.15, 0.2) is 7.29 Å². The second kappa shape index (κ2) is 11.3. The van der Waals surface area contributed by atoms with Crippen LogP contribution in [0.3, 0.4) is 0 Å². The highest BCUT2D eigenvalue weighted by atomic mass is 35.5. The molecule has 0 bridgehead atoms. The lowest BCUT2D eigenvalue weighted by molar-refractivity contribution is 0.182. The van der Waals surface area contributed by atoms with E-state index >= 15 is 0 Å². The van der Waals surface area contributed by atoms with Crippen molar-refractivity contribution in [1.29, 1.82) is 0 Å². The van der Waals surface area contributed by atoms with Gasteiger partial charge in [-0.25, -0.2) is 4.67 Å². The number of rotatable bonds is 7. The first-order valence-corrected chi connectivity index (χ1v) is 13.6. The molecule has 0 saturated carbocycles. The lowest BCUT2D eigenvalue weighted by atomic mass is 10.2. The lowest BCUT2D eigenvalue weighted by Gasteiger charge is -2.37. The topological polar surface area (TPSA) is 23.6 Å². The predicted molar refractivity (Wildman–Crippen MR) is 141 cm³/mol. The van der Waals surface area contributed by atoms with Gasteiger partial charge in [0.05, 0.1) is 10.1 Å². The van der Waals surface area contributed by atoms with Crippen molar-refractivity contribution < 1.29 is 4.57 Å². The van der Waals surface area contributed by atoms with Crippen molar-refractivity contribution in [2.45, 2.75) is 6.54 Å². The summed E-state index contributed by atoms with van der Waals surface area (Å²) in [6.45, 7) is 3.89. The Morgan fingerprint density at radius 2 is 1.12 bits per heavy atom. The van der Waals surface area contributed by atoms with E-state index in [4.69, 9.17) is 23.2 Å². The summed E-state index contributed by atoms with van der Waals surface area (Å²) in [6.07, 6.45) is 0. The smallest absolute Gasteiger partial charge is 0.196 e. The normalized spacial score (nSPS) is 18.1. The summed E-state index contributed by atoms with van der Waals surface area (Å²) >= 11 is 13.3. The molecule has 0 spiro atoms. The molecule has 170 valence electrons. The summed E-state index contributed by atoms with van der Waals surface area (Å²) in [5.41, 5.74) is 2.96. The van der Waals surface area contributed by atoms with Gasteiger partial charge in [0, 0.05) is 44.4 Å². The number of hydrogen-bond donors (Lipinski definition) is 0. The van der Waals surface area contributed by atoms with Gasteiger partial charge in [-0.1, -0.05) is 114 Å². The summed E-state index contributed by atoms with van der Waals surface area (Å²) in [7, 11) is -3.13. The first-order valence-electron chi connectivity index (χ1n) is 11.0.